The van der Waals surface area contributed by atoms with Gasteiger partial charge in [0.05, 0.1) is 34.8 Å². The van der Waals surface area contributed by atoms with E-state index in [-0.39, 0.29) is 29.9 Å². The van der Waals surface area contributed by atoms with E-state index in [2.05, 4.69) is 37.5 Å². The molecule has 1 aliphatic heterocycles. The molecule has 4 amide bonds. The second-order valence-corrected chi connectivity index (χ2v) is 10.4. The summed E-state index contributed by atoms with van der Waals surface area (Å²) in [5.41, 5.74) is 1.40. The fourth-order valence-corrected chi connectivity index (χ4v) is 6.05. The zero-order valence-corrected chi connectivity index (χ0v) is 22.1. The zero-order valence-electron chi connectivity index (χ0n) is 21.3. The number of nitrogens with zero attached hydrogens (tertiary/aromatic N) is 4. The number of benzene rings is 1. The number of nitrogens with one attached hydrogen (secondary N) is 3. The number of amides is 4. The number of aromatic nitrogens is 3. The topological polar surface area (TPSA) is 138 Å². The molecule has 2 atom stereocenters. The minimum absolute atomic E-state index is 0.146. The summed E-state index contributed by atoms with van der Waals surface area (Å²) in [5, 5.41) is 9.52. The monoisotopic (exact) mass is 555 g/mol. The molecule has 2 aliphatic rings. The van der Waals surface area contributed by atoms with E-state index < -0.39 is 6.03 Å². The van der Waals surface area contributed by atoms with Crippen LogP contribution in [0.5, 0.6) is 11.8 Å². The number of thiophene rings is 1. The van der Waals surface area contributed by atoms with Crippen LogP contribution in [0.2, 0.25) is 0 Å². The van der Waals surface area contributed by atoms with E-state index in [1.807, 2.05) is 18.2 Å². The van der Waals surface area contributed by atoms with E-state index in [1.165, 1.54) is 34.7 Å². The SMILES string of the molecule is C=CC(=O)NC1CCCCC1NC(=O)c1sc2nccc3c2c1NC(=O)N3c1cnc(Oc2ccccc2)nc1. The van der Waals surface area contributed by atoms with E-state index >= 15 is 0 Å². The molecule has 4 aromatic rings. The third-order valence-electron chi connectivity index (χ3n) is 6.87. The molecule has 1 aliphatic carbocycles. The van der Waals surface area contributed by atoms with Gasteiger partial charge in [-0.15, -0.1) is 11.3 Å². The van der Waals surface area contributed by atoms with Gasteiger partial charge in [-0.05, 0) is 37.1 Å². The highest BCUT2D eigenvalue weighted by atomic mass is 32.1. The molecule has 202 valence electrons. The first-order valence-corrected chi connectivity index (χ1v) is 13.6. The smallest absolute Gasteiger partial charge is 0.331 e. The number of hydrogen-bond acceptors (Lipinski definition) is 8. The van der Waals surface area contributed by atoms with Gasteiger partial charge in [-0.25, -0.2) is 19.7 Å². The Labute approximate surface area is 233 Å². The summed E-state index contributed by atoms with van der Waals surface area (Å²) < 4.78 is 5.67. The van der Waals surface area contributed by atoms with Gasteiger partial charge in [0, 0.05) is 18.3 Å². The van der Waals surface area contributed by atoms with Crippen LogP contribution in [0.4, 0.5) is 21.9 Å². The van der Waals surface area contributed by atoms with Crippen molar-refractivity contribution in [2.24, 2.45) is 0 Å². The Bertz CT molecular complexity index is 1610. The Morgan fingerprint density at radius 1 is 1.05 bits per heavy atom. The van der Waals surface area contributed by atoms with Gasteiger partial charge in [0.25, 0.3) is 5.91 Å². The first kappa shape index (κ1) is 25.4. The molecule has 12 heteroatoms. The fourth-order valence-electron chi connectivity index (χ4n) is 5.02. The lowest BCUT2D eigenvalue weighted by atomic mass is 9.90. The maximum atomic E-state index is 13.5. The van der Waals surface area contributed by atoms with E-state index in [1.54, 1.807) is 24.4 Å². The van der Waals surface area contributed by atoms with E-state index in [0.717, 1.165) is 25.7 Å². The summed E-state index contributed by atoms with van der Waals surface area (Å²) >= 11 is 1.20. The van der Waals surface area contributed by atoms with E-state index in [9.17, 15) is 14.4 Å². The minimum Gasteiger partial charge on any atom is -0.424 e. The van der Waals surface area contributed by atoms with Gasteiger partial charge in [-0.1, -0.05) is 37.6 Å². The molecule has 4 heterocycles. The largest absolute Gasteiger partial charge is 0.424 e. The Kier molecular flexibility index (Phi) is 6.83. The lowest BCUT2D eigenvalue weighted by molar-refractivity contribution is -0.117. The molecule has 2 unspecified atom stereocenters. The van der Waals surface area contributed by atoms with Crippen LogP contribution in [-0.4, -0.2) is 44.9 Å². The molecule has 11 nitrogen and oxygen atoms in total. The molecule has 0 saturated heterocycles. The quantitative estimate of drug-likeness (QED) is 0.276. The van der Waals surface area contributed by atoms with Gasteiger partial charge in [0.1, 0.15) is 15.5 Å². The van der Waals surface area contributed by atoms with Crippen LogP contribution in [0.3, 0.4) is 0 Å². The highest BCUT2D eigenvalue weighted by Gasteiger charge is 2.35. The Balaban J connectivity index is 1.27. The molecule has 1 aromatic carbocycles. The molecule has 1 fully saturated rings. The van der Waals surface area contributed by atoms with Crippen molar-refractivity contribution in [1.82, 2.24) is 25.6 Å². The van der Waals surface area contributed by atoms with Crippen molar-refractivity contribution in [2.75, 3.05) is 10.2 Å². The average Bonchev–Trinajstić information content (AvgIpc) is 3.35. The second-order valence-electron chi connectivity index (χ2n) is 9.40. The molecule has 3 aromatic heterocycles. The zero-order chi connectivity index (χ0) is 27.6. The van der Waals surface area contributed by atoms with Crippen LogP contribution >= 0.6 is 11.3 Å². The summed E-state index contributed by atoms with van der Waals surface area (Å²) in [6.45, 7) is 3.51. The molecular weight excluding hydrogens is 530 g/mol. The van der Waals surface area contributed by atoms with Gasteiger partial charge in [-0.3, -0.25) is 14.5 Å². The summed E-state index contributed by atoms with van der Waals surface area (Å²) in [6.07, 6.45) is 9.24. The predicted octanol–water partition coefficient (Wildman–Crippen LogP) is 4.91. The van der Waals surface area contributed by atoms with Gasteiger partial charge in [0.15, 0.2) is 0 Å². The van der Waals surface area contributed by atoms with Crippen molar-refractivity contribution in [3.63, 3.8) is 0 Å². The third-order valence-corrected chi connectivity index (χ3v) is 7.97. The van der Waals surface area contributed by atoms with Gasteiger partial charge in [-0.2, -0.15) is 0 Å². The molecule has 0 spiro atoms. The maximum Gasteiger partial charge on any atom is 0.331 e. The molecule has 0 bridgehead atoms. The summed E-state index contributed by atoms with van der Waals surface area (Å²) in [6, 6.07) is 10.1. The lowest BCUT2D eigenvalue weighted by Crippen LogP contribution is -2.52. The van der Waals surface area contributed by atoms with Crippen LogP contribution in [0, 0.1) is 0 Å². The van der Waals surface area contributed by atoms with Gasteiger partial charge in [0.2, 0.25) is 5.91 Å². The average molecular weight is 556 g/mol. The van der Waals surface area contributed by atoms with Crippen molar-refractivity contribution in [3.05, 3.63) is 72.5 Å². The molecule has 6 rings (SSSR count). The van der Waals surface area contributed by atoms with Gasteiger partial charge < -0.3 is 20.7 Å². The minimum atomic E-state index is -0.457. The number of carbonyl (C=O) groups excluding carboxylic acids is 3. The van der Waals surface area contributed by atoms with Crippen LogP contribution < -0.4 is 25.6 Å². The highest BCUT2D eigenvalue weighted by Crippen LogP contribution is 2.45. The summed E-state index contributed by atoms with van der Waals surface area (Å²) in [5.74, 6) is -0.000646. The number of hydrogen-bond donors (Lipinski definition) is 3. The number of anilines is 3. The number of urea groups is 1. The van der Waals surface area contributed by atoms with Crippen LogP contribution in [-0.2, 0) is 4.79 Å². The van der Waals surface area contributed by atoms with Crippen LogP contribution in [0.25, 0.3) is 10.2 Å². The first-order valence-electron chi connectivity index (χ1n) is 12.8. The van der Waals surface area contributed by atoms with Crippen LogP contribution in [0.1, 0.15) is 35.4 Å². The predicted molar refractivity (Wildman–Crippen MR) is 151 cm³/mol. The third kappa shape index (κ3) is 4.84. The van der Waals surface area contributed by atoms with E-state index in [4.69, 9.17) is 4.74 Å². The van der Waals surface area contributed by atoms with E-state index in [0.29, 0.717) is 37.9 Å². The van der Waals surface area contributed by atoms with Crippen molar-refractivity contribution >= 4 is 56.5 Å². The van der Waals surface area contributed by atoms with Crippen molar-refractivity contribution in [1.29, 1.82) is 0 Å². The van der Waals surface area contributed by atoms with Crippen molar-refractivity contribution in [2.45, 2.75) is 37.8 Å². The van der Waals surface area contributed by atoms with Crippen LogP contribution in [0.15, 0.2) is 67.6 Å². The molecule has 1 saturated carbocycles. The normalized spacial score (nSPS) is 18.1. The van der Waals surface area contributed by atoms with Crippen molar-refractivity contribution < 1.29 is 19.1 Å². The Hall–Kier alpha value is -4.84. The number of para-hydroxylation sites is 1. The number of pyridine rings is 1. The van der Waals surface area contributed by atoms with Crippen molar-refractivity contribution in [3.8, 4) is 11.8 Å². The standard InChI is InChI=1S/C28H25N7O4S/c1-2-21(36)32-18-10-6-7-11-19(18)33-25(37)24-23-22-20(12-13-29-26(22)40-24)35(28(38)34-23)16-14-30-27(31-15-16)39-17-8-4-3-5-9-17/h2-5,8-9,12-15,18-19H,1,6-7,10-11H2,(H,32,36)(H,33,37)(H,34,38). The number of carbonyl (C=O) groups is 3. The number of rotatable bonds is 7. The molecule has 3 N–H and O–H groups in total. The second kappa shape index (κ2) is 10.7. The maximum absolute atomic E-state index is 13.5. The first-order chi connectivity index (χ1) is 19.5. The molecular formula is C28H25N7O4S. The summed E-state index contributed by atoms with van der Waals surface area (Å²) in [4.78, 5) is 54.2. The fraction of sp³-hybridized carbons (Fsp3) is 0.214. The lowest BCUT2D eigenvalue weighted by Gasteiger charge is -2.32. The Morgan fingerprint density at radius 3 is 2.50 bits per heavy atom. The highest BCUT2D eigenvalue weighted by molar-refractivity contribution is 7.21. The Morgan fingerprint density at radius 2 is 1.77 bits per heavy atom. The number of ether oxygens (including phenoxy) is 1. The van der Waals surface area contributed by atoms with Gasteiger partial charge >= 0.3 is 12.0 Å². The molecule has 40 heavy (non-hydrogen) atoms. The molecule has 0 radical (unpaired) electrons. The summed E-state index contributed by atoms with van der Waals surface area (Å²) in [7, 11) is 0.